The number of halogens is 1. The molecule has 0 aliphatic carbocycles. The van der Waals surface area contributed by atoms with Crippen LogP contribution >= 0.6 is 0 Å². The molecule has 0 aliphatic rings. The van der Waals surface area contributed by atoms with Crippen LogP contribution in [0.1, 0.15) is 20.8 Å². The summed E-state index contributed by atoms with van der Waals surface area (Å²) >= 11 is 0. The van der Waals surface area contributed by atoms with Gasteiger partial charge in [0.05, 0.1) is 11.0 Å². The maximum Gasteiger partial charge on any atom is 0.317 e. The summed E-state index contributed by atoms with van der Waals surface area (Å²) in [5.74, 6) is -0.941. The highest BCUT2D eigenvalue weighted by Gasteiger charge is 2.16. The van der Waals surface area contributed by atoms with Crippen LogP contribution in [0.5, 0.6) is 0 Å². The van der Waals surface area contributed by atoms with E-state index in [1.54, 1.807) is 20.8 Å². The molecule has 2 rings (SSSR count). The molecule has 0 unspecified atom stereocenters. The molecule has 2 aromatic rings. The van der Waals surface area contributed by atoms with Crippen LogP contribution in [0.25, 0.3) is 11.0 Å². The van der Waals surface area contributed by atoms with E-state index in [0.717, 1.165) is 16.7 Å². The largest absolute Gasteiger partial charge is 0.350 e. The molecule has 6 nitrogen and oxygen atoms in total. The van der Waals surface area contributed by atoms with Gasteiger partial charge in [-0.25, -0.2) is 4.39 Å². The molecule has 0 atom stereocenters. The van der Waals surface area contributed by atoms with E-state index >= 15 is 0 Å². The van der Waals surface area contributed by atoms with Gasteiger partial charge in [-0.2, -0.15) is 0 Å². The number of carbonyl (C=O) groups excluding carboxylic acids is 1. The zero-order valence-electron chi connectivity index (χ0n) is 12.0. The molecule has 0 saturated heterocycles. The Kier molecular flexibility index (Phi) is 3.67. The third-order valence-electron chi connectivity index (χ3n) is 2.75. The van der Waals surface area contributed by atoms with Crippen molar-refractivity contribution in [3.63, 3.8) is 0 Å². The van der Waals surface area contributed by atoms with E-state index in [-0.39, 0.29) is 12.1 Å². The number of carbonyl (C=O) groups is 1. The van der Waals surface area contributed by atoms with Crippen molar-refractivity contribution in [2.24, 2.45) is 0 Å². The highest BCUT2D eigenvalue weighted by atomic mass is 19.1. The van der Waals surface area contributed by atoms with E-state index in [0.29, 0.717) is 5.52 Å². The van der Waals surface area contributed by atoms with E-state index in [1.807, 2.05) is 0 Å². The van der Waals surface area contributed by atoms with Gasteiger partial charge in [0.1, 0.15) is 12.4 Å². The first-order valence-corrected chi connectivity index (χ1v) is 6.41. The van der Waals surface area contributed by atoms with Crippen molar-refractivity contribution < 1.29 is 9.18 Å². The highest BCUT2D eigenvalue weighted by Crippen LogP contribution is 2.10. The topological polar surface area (TPSA) is 84.0 Å². The zero-order chi connectivity index (χ0) is 15.8. The van der Waals surface area contributed by atoms with Crippen LogP contribution in [0, 0.1) is 5.82 Å². The molecule has 1 aromatic carbocycles. The van der Waals surface area contributed by atoms with Crippen molar-refractivity contribution in [2.75, 3.05) is 0 Å². The smallest absolute Gasteiger partial charge is 0.317 e. The summed E-state index contributed by atoms with van der Waals surface area (Å²) < 4.78 is 14.2. The van der Waals surface area contributed by atoms with Gasteiger partial charge in [-0.1, -0.05) is 0 Å². The van der Waals surface area contributed by atoms with Gasteiger partial charge in [0.2, 0.25) is 5.91 Å². The number of benzene rings is 1. The Bertz CT molecular complexity index is 815. The summed E-state index contributed by atoms with van der Waals surface area (Å²) in [6.07, 6.45) is 0. The number of rotatable bonds is 2. The van der Waals surface area contributed by atoms with E-state index in [2.05, 4.69) is 10.3 Å². The van der Waals surface area contributed by atoms with Gasteiger partial charge >= 0.3 is 11.1 Å². The van der Waals surface area contributed by atoms with Crippen molar-refractivity contribution in [3.05, 3.63) is 44.7 Å². The molecule has 0 bridgehead atoms. The fourth-order valence-corrected chi connectivity index (χ4v) is 2.01. The number of amides is 1. The van der Waals surface area contributed by atoms with Gasteiger partial charge < -0.3 is 10.3 Å². The summed E-state index contributed by atoms with van der Waals surface area (Å²) in [5.41, 5.74) is -1.73. The van der Waals surface area contributed by atoms with Crippen LogP contribution in [-0.2, 0) is 11.3 Å². The number of hydrogen-bond donors (Lipinski definition) is 2. The molecule has 112 valence electrons. The van der Waals surface area contributed by atoms with Gasteiger partial charge in [0.25, 0.3) is 0 Å². The lowest BCUT2D eigenvalue weighted by Crippen LogP contribution is -2.45. The SMILES string of the molecule is CC(C)(C)NC(=O)Cn1c(=O)c(=O)[nH]c2cc(F)ccc21. The maximum absolute atomic E-state index is 13.2. The van der Waals surface area contributed by atoms with Crippen molar-refractivity contribution in [2.45, 2.75) is 32.9 Å². The minimum absolute atomic E-state index is 0.170. The number of H-pyrrole nitrogens is 1. The Morgan fingerprint density at radius 1 is 1.33 bits per heavy atom. The Balaban J connectivity index is 2.53. The Hall–Kier alpha value is -2.44. The molecule has 0 aliphatic heterocycles. The molecule has 21 heavy (non-hydrogen) atoms. The molecule has 1 aromatic heterocycles. The quantitative estimate of drug-likeness (QED) is 0.801. The van der Waals surface area contributed by atoms with Crippen molar-refractivity contribution in [3.8, 4) is 0 Å². The summed E-state index contributed by atoms with van der Waals surface area (Å²) in [5, 5.41) is 2.71. The summed E-state index contributed by atoms with van der Waals surface area (Å²) in [4.78, 5) is 37.7. The van der Waals surface area contributed by atoms with Crippen LogP contribution < -0.4 is 16.4 Å². The fraction of sp³-hybridized carbons (Fsp3) is 0.357. The van der Waals surface area contributed by atoms with Gasteiger partial charge in [-0.15, -0.1) is 0 Å². The third kappa shape index (κ3) is 3.36. The molecular formula is C14H16FN3O3. The lowest BCUT2D eigenvalue weighted by atomic mass is 10.1. The monoisotopic (exact) mass is 293 g/mol. The van der Waals surface area contributed by atoms with Crippen molar-refractivity contribution in [1.29, 1.82) is 0 Å². The number of hydrogen-bond acceptors (Lipinski definition) is 3. The standard InChI is InChI=1S/C14H16FN3O3/c1-14(2,3)17-11(19)7-18-10-5-4-8(15)6-9(10)16-12(20)13(18)21/h4-6H,7H2,1-3H3,(H,16,20)(H,17,19). The van der Waals surface area contributed by atoms with E-state index < -0.39 is 28.4 Å². The average molecular weight is 293 g/mol. The van der Waals surface area contributed by atoms with Crippen molar-refractivity contribution in [1.82, 2.24) is 14.9 Å². The van der Waals surface area contributed by atoms with Gasteiger partial charge in [0, 0.05) is 5.54 Å². The first-order chi connectivity index (χ1) is 9.67. The minimum atomic E-state index is -0.892. The number of nitrogens with zero attached hydrogens (tertiary/aromatic N) is 1. The van der Waals surface area contributed by atoms with Gasteiger partial charge in [-0.3, -0.25) is 19.0 Å². The number of aromatic amines is 1. The number of fused-ring (bicyclic) bond motifs is 1. The molecular weight excluding hydrogens is 277 g/mol. The summed E-state index contributed by atoms with van der Waals surface area (Å²) in [7, 11) is 0. The van der Waals surface area contributed by atoms with Crippen LogP contribution in [0.2, 0.25) is 0 Å². The normalized spacial score (nSPS) is 11.6. The average Bonchev–Trinajstić information content (AvgIpc) is 2.32. The second kappa shape index (κ2) is 5.16. The Labute approximate surface area is 119 Å². The molecule has 2 N–H and O–H groups in total. The molecule has 1 amide bonds. The van der Waals surface area contributed by atoms with E-state index in [9.17, 15) is 18.8 Å². The molecule has 0 spiro atoms. The first kappa shape index (κ1) is 15.0. The number of nitrogens with one attached hydrogen (secondary N) is 2. The maximum atomic E-state index is 13.2. The summed E-state index contributed by atoms with van der Waals surface area (Å²) in [6.45, 7) is 5.11. The zero-order valence-corrected chi connectivity index (χ0v) is 12.0. The van der Waals surface area contributed by atoms with Crippen molar-refractivity contribution >= 4 is 16.9 Å². The van der Waals surface area contributed by atoms with Crippen LogP contribution in [0.4, 0.5) is 4.39 Å². The van der Waals surface area contributed by atoms with Gasteiger partial charge in [-0.05, 0) is 39.0 Å². The van der Waals surface area contributed by atoms with E-state index in [4.69, 9.17) is 0 Å². The van der Waals surface area contributed by atoms with E-state index in [1.165, 1.54) is 6.07 Å². The molecule has 0 radical (unpaired) electrons. The number of aromatic nitrogens is 2. The third-order valence-corrected chi connectivity index (χ3v) is 2.75. The predicted molar refractivity (Wildman–Crippen MR) is 76.7 cm³/mol. The Morgan fingerprint density at radius 2 is 2.00 bits per heavy atom. The summed E-state index contributed by atoms with van der Waals surface area (Å²) in [6, 6.07) is 3.62. The predicted octanol–water partition coefficient (Wildman–Crippen LogP) is 0.744. The van der Waals surface area contributed by atoms with Crippen LogP contribution in [0.3, 0.4) is 0 Å². The minimum Gasteiger partial charge on any atom is -0.350 e. The van der Waals surface area contributed by atoms with Crippen LogP contribution in [0.15, 0.2) is 27.8 Å². The lowest BCUT2D eigenvalue weighted by Gasteiger charge is -2.21. The lowest BCUT2D eigenvalue weighted by molar-refractivity contribution is -0.123. The second-order valence-electron chi connectivity index (χ2n) is 5.81. The molecule has 7 heteroatoms. The molecule has 1 heterocycles. The highest BCUT2D eigenvalue weighted by molar-refractivity contribution is 5.80. The van der Waals surface area contributed by atoms with Crippen LogP contribution in [-0.4, -0.2) is 21.0 Å². The first-order valence-electron chi connectivity index (χ1n) is 6.41. The molecule has 0 fully saturated rings. The van der Waals surface area contributed by atoms with Gasteiger partial charge in [0.15, 0.2) is 0 Å². The Morgan fingerprint density at radius 3 is 2.62 bits per heavy atom. The second-order valence-corrected chi connectivity index (χ2v) is 5.81. The fourth-order valence-electron chi connectivity index (χ4n) is 2.01. The molecule has 0 saturated carbocycles.